The molecule has 0 radical (unpaired) electrons. The Balaban J connectivity index is 2.57. The van der Waals surface area contributed by atoms with Crippen LogP contribution in [-0.4, -0.2) is 31.1 Å². The Morgan fingerprint density at radius 3 is 2.23 bits per heavy atom. The number of allylic oxidation sites excluding steroid dienone is 2. The highest BCUT2D eigenvalue weighted by Crippen LogP contribution is 2.35. The normalized spacial score (nSPS) is 16.9. The van der Waals surface area contributed by atoms with Crippen LogP contribution in [0.25, 0.3) is 5.57 Å². The van der Waals surface area contributed by atoms with Gasteiger partial charge in [-0.05, 0) is 59.0 Å². The number of halogens is 1. The van der Waals surface area contributed by atoms with E-state index in [4.69, 9.17) is 0 Å². The molecule has 1 aliphatic rings. The second-order valence-corrected chi connectivity index (χ2v) is 7.22. The van der Waals surface area contributed by atoms with Crippen LogP contribution < -0.4 is 0 Å². The van der Waals surface area contributed by atoms with Gasteiger partial charge in [-0.3, -0.25) is 9.59 Å². The van der Waals surface area contributed by atoms with Gasteiger partial charge in [-0.15, -0.1) is 0 Å². The summed E-state index contributed by atoms with van der Waals surface area (Å²) in [4.78, 5) is 25.5. The van der Waals surface area contributed by atoms with Crippen molar-refractivity contribution >= 4 is 40.2 Å². The maximum Gasteiger partial charge on any atom is 0.227 e. The van der Waals surface area contributed by atoms with Crippen LogP contribution in [0.3, 0.4) is 0 Å². The number of rotatable bonds is 5. The van der Waals surface area contributed by atoms with Gasteiger partial charge in [0.05, 0.1) is 5.57 Å². The first-order chi connectivity index (χ1) is 10.5. The summed E-state index contributed by atoms with van der Waals surface area (Å²) < 4.78 is 1.11. The van der Waals surface area contributed by atoms with E-state index >= 15 is 0 Å². The van der Waals surface area contributed by atoms with Crippen molar-refractivity contribution in [1.82, 2.24) is 4.90 Å². The highest BCUT2D eigenvalue weighted by Gasteiger charge is 2.26. The zero-order valence-corrected chi connectivity index (χ0v) is 15.3. The van der Waals surface area contributed by atoms with Gasteiger partial charge >= 0.3 is 0 Å². The predicted molar refractivity (Wildman–Crippen MR) is 97.4 cm³/mol. The van der Waals surface area contributed by atoms with Gasteiger partial charge in [0.25, 0.3) is 0 Å². The molecule has 0 heterocycles. The molecule has 22 heavy (non-hydrogen) atoms. The van der Waals surface area contributed by atoms with Crippen LogP contribution in [0.1, 0.15) is 37.7 Å². The topological polar surface area (TPSA) is 37.4 Å². The van der Waals surface area contributed by atoms with E-state index in [1.807, 2.05) is 43.3 Å². The Hall–Kier alpha value is -1.17. The Morgan fingerprint density at radius 1 is 1.14 bits per heavy atom. The third kappa shape index (κ3) is 3.97. The van der Waals surface area contributed by atoms with E-state index in [1.54, 1.807) is 0 Å². The number of nitrogens with zero attached hydrogens (tertiary/aromatic N) is 1. The first kappa shape index (κ1) is 17.2. The Labute approximate surface area is 145 Å². The second-order valence-electron chi connectivity index (χ2n) is 5.98. The molecule has 2 rings (SSSR count). The fourth-order valence-electron chi connectivity index (χ4n) is 3.26. The number of ketones is 1. The Bertz CT molecular complexity index is 569. The standard InChI is InChI=1S/C18H22INO2/c1-20(2)18(14-6-4-3-5-7-14)17(16(22)12-21)13-8-10-15(19)11-9-13/h8-12,14H,3-7H2,1-2H3. The average Bonchev–Trinajstić information content (AvgIpc) is 2.53. The van der Waals surface area contributed by atoms with Gasteiger partial charge in [0.1, 0.15) is 0 Å². The molecular weight excluding hydrogens is 389 g/mol. The average molecular weight is 411 g/mol. The van der Waals surface area contributed by atoms with Crippen molar-refractivity contribution in [3.05, 3.63) is 39.1 Å². The lowest BCUT2D eigenvalue weighted by Crippen LogP contribution is -2.25. The highest BCUT2D eigenvalue weighted by molar-refractivity contribution is 14.1. The molecule has 1 aliphatic carbocycles. The third-order valence-electron chi connectivity index (χ3n) is 4.22. The molecule has 1 fully saturated rings. The third-order valence-corrected chi connectivity index (χ3v) is 4.94. The number of carbonyl (C=O) groups excluding carboxylic acids is 2. The number of aldehydes is 1. The van der Waals surface area contributed by atoms with Gasteiger partial charge < -0.3 is 4.90 Å². The maximum atomic E-state index is 12.3. The highest BCUT2D eigenvalue weighted by atomic mass is 127. The van der Waals surface area contributed by atoms with E-state index in [-0.39, 0.29) is 0 Å². The van der Waals surface area contributed by atoms with Crippen molar-refractivity contribution in [2.45, 2.75) is 32.1 Å². The Kier molecular flexibility index (Phi) is 6.17. The second kappa shape index (κ2) is 7.90. The first-order valence-corrected chi connectivity index (χ1v) is 8.79. The summed E-state index contributed by atoms with van der Waals surface area (Å²) in [6, 6.07) is 7.82. The minimum Gasteiger partial charge on any atom is -0.380 e. The van der Waals surface area contributed by atoms with Crippen molar-refractivity contribution in [1.29, 1.82) is 0 Å². The molecule has 0 unspecified atom stereocenters. The molecule has 0 saturated heterocycles. The SMILES string of the molecule is CN(C)C(=C(C(=O)C=O)c1ccc(I)cc1)C1CCCCC1. The fourth-order valence-corrected chi connectivity index (χ4v) is 3.62. The number of carbonyl (C=O) groups is 2. The van der Waals surface area contributed by atoms with Gasteiger partial charge in [0.15, 0.2) is 6.29 Å². The minimum atomic E-state index is -0.421. The minimum absolute atomic E-state index is 0.363. The summed E-state index contributed by atoms with van der Waals surface area (Å²) in [6.07, 6.45) is 6.27. The molecule has 0 atom stereocenters. The summed E-state index contributed by atoms with van der Waals surface area (Å²) in [7, 11) is 3.93. The quantitative estimate of drug-likeness (QED) is 0.319. The molecule has 0 bridgehead atoms. The molecule has 1 aromatic rings. The van der Waals surface area contributed by atoms with Crippen LogP contribution >= 0.6 is 22.6 Å². The summed E-state index contributed by atoms with van der Waals surface area (Å²) in [5.41, 5.74) is 2.42. The lowest BCUT2D eigenvalue weighted by Gasteiger charge is -2.31. The van der Waals surface area contributed by atoms with E-state index in [0.717, 1.165) is 27.7 Å². The van der Waals surface area contributed by atoms with Crippen LogP contribution in [0, 0.1) is 9.49 Å². The Morgan fingerprint density at radius 2 is 1.73 bits per heavy atom. The summed E-state index contributed by atoms with van der Waals surface area (Å²) in [6.45, 7) is 0. The van der Waals surface area contributed by atoms with E-state index < -0.39 is 5.78 Å². The zero-order chi connectivity index (χ0) is 16.1. The van der Waals surface area contributed by atoms with E-state index in [1.165, 1.54) is 19.3 Å². The summed E-state index contributed by atoms with van der Waals surface area (Å²) >= 11 is 2.24. The maximum absolute atomic E-state index is 12.3. The molecule has 0 amide bonds. The first-order valence-electron chi connectivity index (χ1n) is 7.71. The monoisotopic (exact) mass is 411 g/mol. The van der Waals surface area contributed by atoms with Crippen LogP contribution in [0.4, 0.5) is 0 Å². The smallest absolute Gasteiger partial charge is 0.227 e. The zero-order valence-electron chi connectivity index (χ0n) is 13.1. The lowest BCUT2D eigenvalue weighted by molar-refractivity contribution is -0.126. The molecule has 0 aromatic heterocycles. The van der Waals surface area contributed by atoms with E-state index in [9.17, 15) is 9.59 Å². The molecule has 1 saturated carbocycles. The summed E-state index contributed by atoms with van der Waals surface area (Å²) in [5, 5.41) is 0. The number of benzene rings is 1. The largest absolute Gasteiger partial charge is 0.380 e. The van der Waals surface area contributed by atoms with Crippen LogP contribution in [0.15, 0.2) is 30.0 Å². The van der Waals surface area contributed by atoms with Gasteiger partial charge in [-0.2, -0.15) is 0 Å². The van der Waals surface area contributed by atoms with Crippen molar-refractivity contribution < 1.29 is 9.59 Å². The molecule has 118 valence electrons. The van der Waals surface area contributed by atoms with Gasteiger partial charge in [0, 0.05) is 23.4 Å². The molecule has 4 heteroatoms. The van der Waals surface area contributed by atoms with Crippen LogP contribution in [0.2, 0.25) is 0 Å². The van der Waals surface area contributed by atoms with Crippen molar-refractivity contribution in [3.8, 4) is 0 Å². The van der Waals surface area contributed by atoms with Gasteiger partial charge in [-0.1, -0.05) is 31.4 Å². The van der Waals surface area contributed by atoms with Gasteiger partial charge in [0.2, 0.25) is 5.78 Å². The predicted octanol–water partition coefficient (Wildman–Crippen LogP) is 3.91. The van der Waals surface area contributed by atoms with Crippen LogP contribution in [-0.2, 0) is 9.59 Å². The molecule has 3 nitrogen and oxygen atoms in total. The number of hydrogen-bond donors (Lipinski definition) is 0. The molecule has 0 aliphatic heterocycles. The number of hydrogen-bond acceptors (Lipinski definition) is 3. The molecule has 0 N–H and O–H groups in total. The lowest BCUT2D eigenvalue weighted by atomic mass is 9.82. The molecule has 0 spiro atoms. The molecular formula is C18H22INO2. The van der Waals surface area contributed by atoms with Crippen LogP contribution in [0.5, 0.6) is 0 Å². The number of Topliss-reactive ketones (excluding diaryl/α,β-unsaturated/α-hetero) is 1. The fraction of sp³-hybridized carbons (Fsp3) is 0.444. The van der Waals surface area contributed by atoms with Gasteiger partial charge in [-0.25, -0.2) is 0 Å². The molecule has 1 aromatic carbocycles. The van der Waals surface area contributed by atoms with E-state index in [2.05, 4.69) is 22.6 Å². The van der Waals surface area contributed by atoms with Crippen molar-refractivity contribution in [2.75, 3.05) is 14.1 Å². The van der Waals surface area contributed by atoms with E-state index in [0.29, 0.717) is 17.8 Å². The van der Waals surface area contributed by atoms with Crippen molar-refractivity contribution in [2.24, 2.45) is 5.92 Å². The van der Waals surface area contributed by atoms with Crippen molar-refractivity contribution in [3.63, 3.8) is 0 Å². The summed E-state index contributed by atoms with van der Waals surface area (Å²) in [5.74, 6) is -0.0580.